The average molecular weight is 202 g/mol. The summed E-state index contributed by atoms with van der Waals surface area (Å²) in [5, 5.41) is 22.0. The Kier molecular flexibility index (Phi) is 2.57. The van der Waals surface area contributed by atoms with Crippen molar-refractivity contribution in [2.24, 2.45) is 0 Å². The third kappa shape index (κ3) is 1.79. The van der Waals surface area contributed by atoms with Gasteiger partial charge in [-0.15, -0.1) is 0 Å². The number of hydrogen-bond acceptors (Lipinski definition) is 4. The zero-order chi connectivity index (χ0) is 10.8. The van der Waals surface area contributed by atoms with Crippen LogP contribution in [-0.2, 0) is 0 Å². The van der Waals surface area contributed by atoms with Gasteiger partial charge in [-0.25, -0.2) is 0 Å². The zero-order valence-electron chi connectivity index (χ0n) is 8.31. The highest BCUT2D eigenvalue weighted by Crippen LogP contribution is 2.19. The quantitative estimate of drug-likeness (QED) is 0.597. The highest BCUT2D eigenvalue weighted by Gasteiger charge is 2.12. The summed E-state index contributed by atoms with van der Waals surface area (Å²) >= 11 is 0. The van der Waals surface area contributed by atoms with Crippen molar-refractivity contribution in [1.82, 2.24) is 4.98 Å². The summed E-state index contributed by atoms with van der Waals surface area (Å²) in [4.78, 5) is 4.19. The molecule has 0 radical (unpaired) electrons. The first kappa shape index (κ1) is 9.95. The second-order valence-electron chi connectivity index (χ2n) is 3.26. The first-order valence-electron chi connectivity index (χ1n) is 4.65. The second-order valence-corrected chi connectivity index (χ2v) is 3.26. The van der Waals surface area contributed by atoms with Gasteiger partial charge in [0.05, 0.1) is 5.52 Å². The van der Waals surface area contributed by atoms with E-state index in [0.29, 0.717) is 5.46 Å². The first-order valence-corrected chi connectivity index (χ1v) is 4.65. The molecule has 4 nitrogen and oxygen atoms in total. The van der Waals surface area contributed by atoms with Crippen molar-refractivity contribution in [2.75, 3.05) is 12.4 Å². The first-order chi connectivity index (χ1) is 7.22. The van der Waals surface area contributed by atoms with E-state index in [1.807, 2.05) is 13.1 Å². The van der Waals surface area contributed by atoms with Gasteiger partial charge in [0.1, 0.15) is 0 Å². The Morgan fingerprint density at radius 3 is 2.73 bits per heavy atom. The van der Waals surface area contributed by atoms with Crippen LogP contribution >= 0.6 is 0 Å². The minimum absolute atomic E-state index is 0.465. The van der Waals surface area contributed by atoms with Crippen molar-refractivity contribution < 1.29 is 10.0 Å². The van der Waals surface area contributed by atoms with Gasteiger partial charge in [0.25, 0.3) is 0 Å². The second kappa shape index (κ2) is 3.88. The molecule has 0 spiro atoms. The Morgan fingerprint density at radius 1 is 1.27 bits per heavy atom. The summed E-state index contributed by atoms with van der Waals surface area (Å²) in [7, 11) is 0.371. The van der Waals surface area contributed by atoms with Crippen molar-refractivity contribution in [2.45, 2.75) is 0 Å². The van der Waals surface area contributed by atoms with Gasteiger partial charge in [-0.3, -0.25) is 4.98 Å². The largest absolute Gasteiger partial charge is 0.488 e. The third-order valence-corrected chi connectivity index (χ3v) is 2.33. The van der Waals surface area contributed by atoms with Gasteiger partial charge in [0.15, 0.2) is 0 Å². The van der Waals surface area contributed by atoms with Crippen LogP contribution < -0.4 is 10.8 Å². The molecule has 0 saturated heterocycles. The number of pyridine rings is 1. The topological polar surface area (TPSA) is 65.4 Å². The molecule has 0 amide bonds. The van der Waals surface area contributed by atoms with Crippen LogP contribution in [0.2, 0.25) is 0 Å². The maximum atomic E-state index is 9.06. The molecule has 0 bridgehead atoms. The van der Waals surface area contributed by atoms with E-state index in [-0.39, 0.29) is 0 Å². The van der Waals surface area contributed by atoms with E-state index >= 15 is 0 Å². The van der Waals surface area contributed by atoms with E-state index in [9.17, 15) is 0 Å². The zero-order valence-corrected chi connectivity index (χ0v) is 8.31. The van der Waals surface area contributed by atoms with Gasteiger partial charge >= 0.3 is 7.12 Å². The number of aromatic nitrogens is 1. The third-order valence-electron chi connectivity index (χ3n) is 2.33. The summed E-state index contributed by atoms with van der Waals surface area (Å²) in [5.41, 5.74) is 2.21. The molecule has 1 aromatic heterocycles. The molecule has 5 heteroatoms. The van der Waals surface area contributed by atoms with E-state index in [1.165, 1.54) is 0 Å². The van der Waals surface area contributed by atoms with Crippen molar-refractivity contribution in [3.8, 4) is 0 Å². The van der Waals surface area contributed by atoms with Crippen molar-refractivity contribution in [3.05, 3.63) is 30.5 Å². The predicted octanol–water partition coefficient (Wildman–Crippen LogP) is -0.0437. The summed E-state index contributed by atoms with van der Waals surface area (Å²) in [6, 6.07) is 6.99. The Labute approximate surface area is 87.7 Å². The molecule has 0 aliphatic carbocycles. The Hall–Kier alpha value is -1.59. The van der Waals surface area contributed by atoms with Crippen molar-refractivity contribution >= 4 is 29.2 Å². The summed E-state index contributed by atoms with van der Waals surface area (Å²) in [6.07, 6.45) is 1.71. The standard InChI is InChI=1S/C10H11BN2O2/c1-12-9-4-5-13-10-3-2-7(11(14)15)6-8(9)10/h2-6,14-15H,1H3,(H,12,13). The van der Waals surface area contributed by atoms with Crippen LogP contribution in [0.3, 0.4) is 0 Å². The van der Waals surface area contributed by atoms with E-state index in [2.05, 4.69) is 10.3 Å². The van der Waals surface area contributed by atoms with Crippen LogP contribution in [0.1, 0.15) is 0 Å². The molecule has 0 aliphatic heterocycles. The molecule has 0 fully saturated rings. The van der Waals surface area contributed by atoms with Gasteiger partial charge < -0.3 is 15.4 Å². The highest BCUT2D eigenvalue weighted by atomic mass is 16.4. The van der Waals surface area contributed by atoms with Gasteiger partial charge in [0.2, 0.25) is 0 Å². The number of hydrogen-bond donors (Lipinski definition) is 3. The minimum atomic E-state index is -1.45. The lowest BCUT2D eigenvalue weighted by atomic mass is 9.80. The van der Waals surface area contributed by atoms with Gasteiger partial charge in [-0.05, 0) is 17.6 Å². The average Bonchev–Trinajstić information content (AvgIpc) is 2.27. The lowest BCUT2D eigenvalue weighted by Crippen LogP contribution is -2.29. The number of benzene rings is 1. The number of nitrogens with zero attached hydrogens (tertiary/aromatic N) is 1. The maximum absolute atomic E-state index is 9.06. The molecular formula is C10H11BN2O2. The van der Waals surface area contributed by atoms with Crippen LogP contribution in [0, 0.1) is 0 Å². The molecule has 3 N–H and O–H groups in total. The monoisotopic (exact) mass is 202 g/mol. The van der Waals surface area contributed by atoms with Crippen LogP contribution in [0.5, 0.6) is 0 Å². The lowest BCUT2D eigenvalue weighted by Gasteiger charge is -2.06. The van der Waals surface area contributed by atoms with Crippen LogP contribution in [-0.4, -0.2) is 29.2 Å². The van der Waals surface area contributed by atoms with Gasteiger partial charge in [0, 0.05) is 24.3 Å². The van der Waals surface area contributed by atoms with Crippen LogP contribution in [0.25, 0.3) is 10.9 Å². The Balaban J connectivity index is 2.67. The molecule has 15 heavy (non-hydrogen) atoms. The van der Waals surface area contributed by atoms with Gasteiger partial charge in [-0.2, -0.15) is 0 Å². The van der Waals surface area contributed by atoms with Crippen molar-refractivity contribution in [3.63, 3.8) is 0 Å². The molecule has 76 valence electrons. The molecule has 1 heterocycles. The normalized spacial score (nSPS) is 10.3. The molecule has 0 unspecified atom stereocenters. The SMILES string of the molecule is CNc1ccnc2ccc(B(O)O)cc12. The van der Waals surface area contributed by atoms with E-state index in [0.717, 1.165) is 16.6 Å². The molecule has 0 atom stereocenters. The van der Waals surface area contributed by atoms with E-state index in [4.69, 9.17) is 10.0 Å². The summed E-state index contributed by atoms with van der Waals surface area (Å²) < 4.78 is 0. The summed E-state index contributed by atoms with van der Waals surface area (Å²) in [5.74, 6) is 0. The van der Waals surface area contributed by atoms with Crippen molar-refractivity contribution in [1.29, 1.82) is 0 Å². The fourth-order valence-electron chi connectivity index (χ4n) is 1.54. The lowest BCUT2D eigenvalue weighted by molar-refractivity contribution is 0.426. The van der Waals surface area contributed by atoms with E-state index < -0.39 is 7.12 Å². The summed E-state index contributed by atoms with van der Waals surface area (Å²) in [6.45, 7) is 0. The number of fused-ring (bicyclic) bond motifs is 1. The molecule has 1 aromatic carbocycles. The fourth-order valence-corrected chi connectivity index (χ4v) is 1.54. The minimum Gasteiger partial charge on any atom is -0.423 e. The molecule has 2 rings (SSSR count). The van der Waals surface area contributed by atoms with Gasteiger partial charge in [-0.1, -0.05) is 12.1 Å². The Bertz CT molecular complexity index is 488. The molecule has 0 saturated carbocycles. The maximum Gasteiger partial charge on any atom is 0.488 e. The number of rotatable bonds is 2. The fraction of sp³-hybridized carbons (Fsp3) is 0.100. The molecule has 0 aliphatic rings. The predicted molar refractivity (Wildman–Crippen MR) is 61.1 cm³/mol. The van der Waals surface area contributed by atoms with E-state index in [1.54, 1.807) is 24.4 Å². The van der Waals surface area contributed by atoms with Crippen LogP contribution in [0.15, 0.2) is 30.5 Å². The molecular weight excluding hydrogens is 191 g/mol. The van der Waals surface area contributed by atoms with Crippen LogP contribution in [0.4, 0.5) is 5.69 Å². The number of anilines is 1. The molecule has 2 aromatic rings. The smallest absolute Gasteiger partial charge is 0.423 e. The number of nitrogens with one attached hydrogen (secondary N) is 1. The highest BCUT2D eigenvalue weighted by molar-refractivity contribution is 6.59. The Morgan fingerprint density at radius 2 is 2.07 bits per heavy atom.